The Bertz CT molecular complexity index is 360. The standard InChI is InChI=1S/C8H5NO2.2C2H6/c10-5-7-4-6-2-1-3-9-8(6)11-7;2*1-2/h1-5H;2*1-2H3. The zero-order chi connectivity index (χ0) is 11.7. The van der Waals surface area contributed by atoms with Crippen molar-refractivity contribution in [1.82, 2.24) is 4.98 Å². The zero-order valence-corrected chi connectivity index (χ0v) is 9.65. The van der Waals surface area contributed by atoms with Gasteiger partial charge in [0.2, 0.25) is 5.71 Å². The maximum atomic E-state index is 10.3. The molecule has 0 aromatic carbocycles. The van der Waals surface area contributed by atoms with Crippen LogP contribution >= 0.6 is 0 Å². The van der Waals surface area contributed by atoms with E-state index < -0.39 is 0 Å². The van der Waals surface area contributed by atoms with E-state index in [-0.39, 0.29) is 0 Å². The van der Waals surface area contributed by atoms with Gasteiger partial charge in [0.25, 0.3) is 0 Å². The van der Waals surface area contributed by atoms with Crippen LogP contribution in [0.5, 0.6) is 0 Å². The molecule has 3 nitrogen and oxygen atoms in total. The highest BCUT2D eigenvalue weighted by Crippen LogP contribution is 2.14. The van der Waals surface area contributed by atoms with E-state index in [1.54, 1.807) is 18.3 Å². The van der Waals surface area contributed by atoms with Crippen LogP contribution in [0.1, 0.15) is 38.2 Å². The molecule has 15 heavy (non-hydrogen) atoms. The fraction of sp³-hybridized carbons (Fsp3) is 0.333. The molecule has 0 bridgehead atoms. The van der Waals surface area contributed by atoms with Crippen LogP contribution in [-0.4, -0.2) is 11.3 Å². The van der Waals surface area contributed by atoms with Crippen LogP contribution < -0.4 is 0 Å². The van der Waals surface area contributed by atoms with Crippen molar-refractivity contribution < 1.29 is 9.21 Å². The van der Waals surface area contributed by atoms with Gasteiger partial charge in [-0.2, -0.15) is 0 Å². The Kier molecular flexibility index (Phi) is 6.89. The molecule has 0 spiro atoms. The quantitative estimate of drug-likeness (QED) is 0.670. The lowest BCUT2D eigenvalue weighted by Crippen LogP contribution is -1.67. The number of nitrogens with zero attached hydrogens (tertiary/aromatic N) is 1. The molecule has 0 unspecified atom stereocenters. The van der Waals surface area contributed by atoms with Gasteiger partial charge in [-0.15, -0.1) is 0 Å². The largest absolute Gasteiger partial charge is 0.435 e. The number of hydrogen-bond donors (Lipinski definition) is 0. The molecule has 2 heterocycles. The van der Waals surface area contributed by atoms with Crippen molar-refractivity contribution in [2.75, 3.05) is 0 Å². The van der Waals surface area contributed by atoms with E-state index >= 15 is 0 Å². The van der Waals surface area contributed by atoms with Crippen LogP contribution in [0.15, 0.2) is 28.8 Å². The molecule has 0 radical (unpaired) electrons. The third kappa shape index (κ3) is 3.54. The average Bonchev–Trinajstić information content (AvgIpc) is 2.77. The van der Waals surface area contributed by atoms with E-state index in [1.165, 1.54) is 0 Å². The molecule has 3 heteroatoms. The number of fused-ring (bicyclic) bond motifs is 1. The second-order valence-electron chi connectivity index (χ2n) is 2.16. The highest BCUT2D eigenvalue weighted by molar-refractivity contribution is 5.82. The first-order valence-electron chi connectivity index (χ1n) is 5.20. The average molecular weight is 207 g/mol. The van der Waals surface area contributed by atoms with Gasteiger partial charge in [-0.25, -0.2) is 4.98 Å². The molecule has 0 atom stereocenters. The number of pyridine rings is 1. The van der Waals surface area contributed by atoms with Crippen LogP contribution in [0.4, 0.5) is 0 Å². The SMILES string of the molecule is CC.CC.O=Cc1cc2cccnc2o1. The summed E-state index contributed by atoms with van der Waals surface area (Å²) >= 11 is 0. The lowest BCUT2D eigenvalue weighted by atomic mass is 10.3. The third-order valence-corrected chi connectivity index (χ3v) is 1.43. The molecule has 0 N–H and O–H groups in total. The minimum Gasteiger partial charge on any atom is -0.435 e. The first-order chi connectivity index (χ1) is 7.40. The van der Waals surface area contributed by atoms with Gasteiger partial charge in [-0.3, -0.25) is 4.79 Å². The van der Waals surface area contributed by atoms with Gasteiger partial charge in [0.1, 0.15) is 0 Å². The second kappa shape index (κ2) is 7.74. The predicted octanol–water partition coefficient (Wildman–Crippen LogP) is 3.69. The Hall–Kier alpha value is -1.64. The lowest BCUT2D eigenvalue weighted by Gasteiger charge is -1.81. The first kappa shape index (κ1) is 13.4. The molecule has 0 amide bonds. The topological polar surface area (TPSA) is 43.1 Å². The van der Waals surface area contributed by atoms with Gasteiger partial charge >= 0.3 is 0 Å². The molecular weight excluding hydrogens is 190 g/mol. The molecule has 0 saturated heterocycles. The number of aromatic nitrogens is 1. The number of hydrogen-bond acceptors (Lipinski definition) is 3. The number of rotatable bonds is 1. The summed E-state index contributed by atoms with van der Waals surface area (Å²) in [5, 5.41) is 0.856. The first-order valence-corrected chi connectivity index (χ1v) is 5.20. The summed E-state index contributed by atoms with van der Waals surface area (Å²) in [6, 6.07) is 5.31. The van der Waals surface area contributed by atoms with Crippen LogP contribution in [0.2, 0.25) is 0 Å². The van der Waals surface area contributed by atoms with E-state index in [1.807, 2.05) is 33.8 Å². The summed E-state index contributed by atoms with van der Waals surface area (Å²) in [7, 11) is 0. The molecule has 0 aliphatic carbocycles. The fourth-order valence-corrected chi connectivity index (χ4v) is 0.951. The molecular formula is C12H17NO2. The minimum atomic E-state index is 0.318. The third-order valence-electron chi connectivity index (χ3n) is 1.43. The fourth-order valence-electron chi connectivity index (χ4n) is 0.951. The molecule has 0 saturated carbocycles. The van der Waals surface area contributed by atoms with Crippen LogP contribution in [0.3, 0.4) is 0 Å². The molecule has 2 aromatic heterocycles. The molecule has 2 aromatic rings. The van der Waals surface area contributed by atoms with Gasteiger partial charge in [0.15, 0.2) is 12.0 Å². The molecule has 0 aliphatic heterocycles. The van der Waals surface area contributed by atoms with Gasteiger partial charge in [-0.05, 0) is 18.2 Å². The van der Waals surface area contributed by atoms with Crippen molar-refractivity contribution in [3.63, 3.8) is 0 Å². The van der Waals surface area contributed by atoms with Gasteiger partial charge in [0.05, 0.1) is 0 Å². The van der Waals surface area contributed by atoms with Gasteiger partial charge in [-0.1, -0.05) is 27.7 Å². The summed E-state index contributed by atoms with van der Waals surface area (Å²) in [4.78, 5) is 14.2. The minimum absolute atomic E-state index is 0.318. The molecule has 82 valence electrons. The Morgan fingerprint density at radius 2 is 1.93 bits per heavy atom. The van der Waals surface area contributed by atoms with Crippen molar-refractivity contribution in [3.8, 4) is 0 Å². The van der Waals surface area contributed by atoms with Crippen molar-refractivity contribution in [2.45, 2.75) is 27.7 Å². The Morgan fingerprint density at radius 1 is 1.27 bits per heavy atom. The van der Waals surface area contributed by atoms with Crippen LogP contribution in [-0.2, 0) is 0 Å². The Morgan fingerprint density at radius 3 is 2.47 bits per heavy atom. The van der Waals surface area contributed by atoms with E-state index in [0.29, 0.717) is 17.8 Å². The van der Waals surface area contributed by atoms with Crippen LogP contribution in [0, 0.1) is 0 Å². The second-order valence-corrected chi connectivity index (χ2v) is 2.16. The van der Waals surface area contributed by atoms with Gasteiger partial charge < -0.3 is 4.42 Å². The predicted molar refractivity (Wildman–Crippen MR) is 62.1 cm³/mol. The Balaban J connectivity index is 0.000000442. The Labute approximate surface area is 90.1 Å². The van der Waals surface area contributed by atoms with Crippen LogP contribution in [0.25, 0.3) is 11.1 Å². The summed E-state index contributed by atoms with van der Waals surface area (Å²) < 4.78 is 5.04. The summed E-state index contributed by atoms with van der Waals surface area (Å²) in [5.74, 6) is 0.318. The smallest absolute Gasteiger partial charge is 0.226 e. The van der Waals surface area contributed by atoms with E-state index in [4.69, 9.17) is 4.42 Å². The number of carbonyl (C=O) groups is 1. The number of furan rings is 1. The molecule has 0 fully saturated rings. The van der Waals surface area contributed by atoms with Crippen molar-refractivity contribution in [2.24, 2.45) is 0 Å². The molecule has 2 rings (SSSR count). The highest BCUT2D eigenvalue weighted by Gasteiger charge is 2.00. The maximum absolute atomic E-state index is 10.3. The summed E-state index contributed by atoms with van der Waals surface area (Å²) in [5.41, 5.74) is 0.509. The lowest BCUT2D eigenvalue weighted by molar-refractivity contribution is 0.110. The zero-order valence-electron chi connectivity index (χ0n) is 9.65. The van der Waals surface area contributed by atoms with E-state index in [9.17, 15) is 4.79 Å². The van der Waals surface area contributed by atoms with Gasteiger partial charge in [0, 0.05) is 11.6 Å². The monoisotopic (exact) mass is 207 g/mol. The van der Waals surface area contributed by atoms with Crippen molar-refractivity contribution >= 4 is 17.4 Å². The highest BCUT2D eigenvalue weighted by atomic mass is 16.3. The normalized spacial score (nSPS) is 8.27. The van der Waals surface area contributed by atoms with Crippen molar-refractivity contribution in [3.05, 3.63) is 30.2 Å². The maximum Gasteiger partial charge on any atom is 0.226 e. The van der Waals surface area contributed by atoms with E-state index in [0.717, 1.165) is 5.39 Å². The number of carbonyl (C=O) groups excluding carboxylic acids is 1. The van der Waals surface area contributed by atoms with Crippen molar-refractivity contribution in [1.29, 1.82) is 0 Å². The summed E-state index contributed by atoms with van der Waals surface area (Å²) in [6.07, 6.45) is 2.29. The number of aldehydes is 1. The molecule has 0 aliphatic rings. The summed E-state index contributed by atoms with van der Waals surface area (Å²) in [6.45, 7) is 8.00. The van der Waals surface area contributed by atoms with E-state index in [2.05, 4.69) is 4.98 Å².